The van der Waals surface area contributed by atoms with Crippen molar-refractivity contribution in [2.75, 3.05) is 26.6 Å². The van der Waals surface area contributed by atoms with Crippen LogP contribution < -0.4 is 19.9 Å². The van der Waals surface area contributed by atoms with Crippen molar-refractivity contribution < 1.29 is 14.2 Å². The maximum Gasteiger partial charge on any atom is 0.142 e. The Balaban J connectivity index is 2.21. The first-order valence-electron chi connectivity index (χ1n) is 7.97. The van der Waals surface area contributed by atoms with Gasteiger partial charge in [0.2, 0.25) is 0 Å². The molecular weight excluding hydrogens is 302 g/mol. The smallest absolute Gasteiger partial charge is 0.142 e. The number of methoxy groups -OCH3 is 2. The van der Waals surface area contributed by atoms with E-state index in [1.807, 2.05) is 43.3 Å². The summed E-state index contributed by atoms with van der Waals surface area (Å²) < 4.78 is 16.2. The van der Waals surface area contributed by atoms with Gasteiger partial charge in [-0.15, -0.1) is 0 Å². The van der Waals surface area contributed by atoms with Crippen molar-refractivity contribution in [3.8, 4) is 17.2 Å². The minimum atomic E-state index is 0.609. The van der Waals surface area contributed by atoms with Gasteiger partial charge in [-0.1, -0.05) is 17.7 Å². The van der Waals surface area contributed by atoms with Gasteiger partial charge in [0.15, 0.2) is 0 Å². The molecule has 128 valence electrons. The number of benzene rings is 2. The van der Waals surface area contributed by atoms with Crippen LogP contribution in [0.1, 0.15) is 25.0 Å². The fourth-order valence-corrected chi connectivity index (χ4v) is 2.59. The van der Waals surface area contributed by atoms with Gasteiger partial charge < -0.3 is 19.9 Å². The Labute approximate surface area is 143 Å². The lowest BCUT2D eigenvalue weighted by molar-refractivity contribution is 0.342. The van der Waals surface area contributed by atoms with E-state index in [2.05, 4.69) is 13.0 Å². The number of nitrogens with two attached hydrogens (primary N) is 1. The summed E-state index contributed by atoms with van der Waals surface area (Å²) in [7, 11) is 3.33. The van der Waals surface area contributed by atoms with Gasteiger partial charge >= 0.3 is 0 Å². The predicted molar refractivity (Wildman–Crippen MR) is 98.9 cm³/mol. The average Bonchev–Trinajstić information content (AvgIpc) is 2.57. The van der Waals surface area contributed by atoms with E-state index in [0.717, 1.165) is 34.8 Å². The lowest BCUT2D eigenvalue weighted by Crippen LogP contribution is -1.98. The summed E-state index contributed by atoms with van der Waals surface area (Å²) in [6.07, 6.45) is 2.91. The Kier molecular flexibility index (Phi) is 6.13. The second-order valence-corrected chi connectivity index (χ2v) is 5.58. The van der Waals surface area contributed by atoms with Crippen molar-refractivity contribution >= 4 is 11.8 Å². The first kappa shape index (κ1) is 17.7. The zero-order valence-electron chi connectivity index (χ0n) is 14.8. The standard InChI is InChI=1S/C20H25NO3/c1-5-24-20-8-6-15(12-18(20)21)10-14(2)11-16-13-17(22-3)7-9-19(16)23-4/h6-9,11-13H,5,10,21H2,1-4H3/b14-11+. The van der Waals surface area contributed by atoms with E-state index in [1.54, 1.807) is 14.2 Å². The number of anilines is 1. The fourth-order valence-electron chi connectivity index (χ4n) is 2.59. The molecule has 0 atom stereocenters. The molecule has 0 radical (unpaired) electrons. The van der Waals surface area contributed by atoms with Crippen LogP contribution in [0, 0.1) is 0 Å². The van der Waals surface area contributed by atoms with Crippen LogP contribution in [0.3, 0.4) is 0 Å². The maximum absolute atomic E-state index is 6.04. The molecule has 4 heteroatoms. The van der Waals surface area contributed by atoms with Crippen molar-refractivity contribution in [1.29, 1.82) is 0 Å². The molecule has 0 aliphatic carbocycles. The van der Waals surface area contributed by atoms with Gasteiger partial charge in [0.25, 0.3) is 0 Å². The van der Waals surface area contributed by atoms with Crippen molar-refractivity contribution in [2.45, 2.75) is 20.3 Å². The Bertz CT molecular complexity index is 723. The average molecular weight is 327 g/mol. The minimum Gasteiger partial charge on any atom is -0.497 e. The van der Waals surface area contributed by atoms with E-state index < -0.39 is 0 Å². The summed E-state index contributed by atoms with van der Waals surface area (Å²) >= 11 is 0. The second-order valence-electron chi connectivity index (χ2n) is 5.58. The molecule has 0 saturated heterocycles. The molecule has 0 aliphatic rings. The molecule has 0 amide bonds. The third-order valence-electron chi connectivity index (χ3n) is 3.70. The Hall–Kier alpha value is -2.62. The zero-order chi connectivity index (χ0) is 17.5. The number of nitrogen functional groups attached to an aromatic ring is 1. The molecule has 4 nitrogen and oxygen atoms in total. The SMILES string of the molecule is CCOc1ccc(C/C(C)=C/c2cc(OC)ccc2OC)cc1N. The number of hydrogen-bond acceptors (Lipinski definition) is 4. The van der Waals surface area contributed by atoms with E-state index in [9.17, 15) is 0 Å². The molecule has 0 aliphatic heterocycles. The summed E-state index contributed by atoms with van der Waals surface area (Å²) in [4.78, 5) is 0. The van der Waals surface area contributed by atoms with E-state index in [-0.39, 0.29) is 0 Å². The quantitative estimate of drug-likeness (QED) is 0.769. The van der Waals surface area contributed by atoms with Crippen LogP contribution in [0.2, 0.25) is 0 Å². The topological polar surface area (TPSA) is 53.7 Å². The summed E-state index contributed by atoms with van der Waals surface area (Å²) in [5.74, 6) is 2.36. The molecule has 0 bridgehead atoms. The summed E-state index contributed by atoms with van der Waals surface area (Å²) in [5.41, 5.74) is 10.0. The predicted octanol–water partition coefficient (Wildman–Crippen LogP) is 4.33. The normalized spacial score (nSPS) is 11.2. The molecule has 2 aromatic rings. The summed E-state index contributed by atoms with van der Waals surface area (Å²) in [6.45, 7) is 4.64. The van der Waals surface area contributed by atoms with Gasteiger partial charge in [-0.05, 0) is 56.2 Å². The highest BCUT2D eigenvalue weighted by atomic mass is 16.5. The summed E-state index contributed by atoms with van der Waals surface area (Å²) in [5, 5.41) is 0. The van der Waals surface area contributed by atoms with Crippen molar-refractivity contribution in [3.63, 3.8) is 0 Å². The van der Waals surface area contributed by atoms with Crippen molar-refractivity contribution in [1.82, 2.24) is 0 Å². The molecule has 0 aromatic heterocycles. The van der Waals surface area contributed by atoms with Crippen LogP contribution >= 0.6 is 0 Å². The van der Waals surface area contributed by atoms with E-state index in [1.165, 1.54) is 5.57 Å². The van der Waals surface area contributed by atoms with Crippen LogP contribution in [0.5, 0.6) is 17.2 Å². The minimum absolute atomic E-state index is 0.609. The lowest BCUT2D eigenvalue weighted by atomic mass is 10.0. The third-order valence-corrected chi connectivity index (χ3v) is 3.70. The molecule has 2 N–H and O–H groups in total. The number of ether oxygens (including phenoxy) is 3. The highest BCUT2D eigenvalue weighted by Crippen LogP contribution is 2.28. The molecule has 0 heterocycles. The number of rotatable bonds is 7. The second kappa shape index (κ2) is 8.29. The first-order valence-corrected chi connectivity index (χ1v) is 7.97. The van der Waals surface area contributed by atoms with E-state index in [0.29, 0.717) is 12.3 Å². The monoisotopic (exact) mass is 327 g/mol. The number of hydrogen-bond donors (Lipinski definition) is 1. The third kappa shape index (κ3) is 4.44. The van der Waals surface area contributed by atoms with Gasteiger partial charge in [-0.2, -0.15) is 0 Å². The molecule has 0 spiro atoms. The van der Waals surface area contributed by atoms with Crippen molar-refractivity contribution in [3.05, 3.63) is 53.1 Å². The lowest BCUT2D eigenvalue weighted by Gasteiger charge is -2.10. The van der Waals surface area contributed by atoms with Crippen LogP contribution in [0.4, 0.5) is 5.69 Å². The Morgan fingerprint density at radius 2 is 1.79 bits per heavy atom. The van der Waals surface area contributed by atoms with Gasteiger partial charge in [0.05, 0.1) is 26.5 Å². The highest BCUT2D eigenvalue weighted by molar-refractivity contribution is 5.62. The van der Waals surface area contributed by atoms with E-state index in [4.69, 9.17) is 19.9 Å². The molecule has 0 unspecified atom stereocenters. The van der Waals surface area contributed by atoms with Crippen LogP contribution in [0.15, 0.2) is 42.0 Å². The van der Waals surface area contributed by atoms with Gasteiger partial charge in [0.1, 0.15) is 17.2 Å². The maximum atomic E-state index is 6.04. The number of allylic oxidation sites excluding steroid dienone is 1. The summed E-state index contributed by atoms with van der Waals surface area (Å²) in [6, 6.07) is 11.7. The molecule has 0 fully saturated rings. The van der Waals surface area contributed by atoms with Gasteiger partial charge in [-0.3, -0.25) is 0 Å². The Morgan fingerprint density at radius 1 is 1.04 bits per heavy atom. The van der Waals surface area contributed by atoms with E-state index >= 15 is 0 Å². The van der Waals surface area contributed by atoms with Crippen LogP contribution in [-0.2, 0) is 6.42 Å². The van der Waals surface area contributed by atoms with Crippen molar-refractivity contribution in [2.24, 2.45) is 0 Å². The Morgan fingerprint density at radius 3 is 2.42 bits per heavy atom. The molecule has 0 saturated carbocycles. The zero-order valence-corrected chi connectivity index (χ0v) is 14.8. The van der Waals surface area contributed by atoms with Crippen LogP contribution in [-0.4, -0.2) is 20.8 Å². The largest absolute Gasteiger partial charge is 0.497 e. The van der Waals surface area contributed by atoms with Gasteiger partial charge in [-0.25, -0.2) is 0 Å². The molecule has 2 rings (SSSR count). The molecule has 24 heavy (non-hydrogen) atoms. The first-order chi connectivity index (χ1) is 11.6. The van der Waals surface area contributed by atoms with Gasteiger partial charge in [0, 0.05) is 5.56 Å². The van der Waals surface area contributed by atoms with Crippen LogP contribution in [0.25, 0.3) is 6.08 Å². The fraction of sp³-hybridized carbons (Fsp3) is 0.300. The molecule has 2 aromatic carbocycles. The molecular formula is C20H25NO3. The highest BCUT2D eigenvalue weighted by Gasteiger charge is 2.05.